The molecule has 1 saturated heterocycles. The van der Waals surface area contributed by atoms with Crippen LogP contribution in [0.2, 0.25) is 0 Å². The molecule has 3 aliphatic rings. The van der Waals surface area contributed by atoms with Gasteiger partial charge in [0.1, 0.15) is 0 Å². The summed E-state index contributed by atoms with van der Waals surface area (Å²) >= 11 is 0. The maximum Gasteiger partial charge on any atom is 0.231 e. The zero-order valence-corrected chi connectivity index (χ0v) is 12.3. The fourth-order valence-corrected chi connectivity index (χ4v) is 3.35. The predicted molar refractivity (Wildman–Crippen MR) is 75.3 cm³/mol. The first-order chi connectivity index (χ1) is 10.2. The van der Waals surface area contributed by atoms with Gasteiger partial charge in [-0.25, -0.2) is 0 Å². The van der Waals surface area contributed by atoms with Gasteiger partial charge >= 0.3 is 0 Å². The van der Waals surface area contributed by atoms with E-state index in [9.17, 15) is 4.79 Å². The number of aromatic nitrogens is 2. The third kappa shape index (κ3) is 2.35. The van der Waals surface area contributed by atoms with Crippen molar-refractivity contribution >= 4 is 5.91 Å². The Morgan fingerprint density at radius 1 is 1.29 bits per heavy atom. The van der Waals surface area contributed by atoms with Crippen LogP contribution in [0.1, 0.15) is 62.6 Å². The quantitative estimate of drug-likeness (QED) is 0.912. The van der Waals surface area contributed by atoms with Crippen LogP contribution in [-0.4, -0.2) is 34.0 Å². The lowest BCUT2D eigenvalue weighted by Gasteiger charge is -2.34. The maximum absolute atomic E-state index is 12.2. The minimum atomic E-state index is -0.375. The van der Waals surface area contributed by atoms with Gasteiger partial charge in [0.25, 0.3) is 0 Å². The van der Waals surface area contributed by atoms with Crippen molar-refractivity contribution in [3.05, 3.63) is 11.7 Å². The Hall–Kier alpha value is -1.43. The van der Waals surface area contributed by atoms with Crippen LogP contribution in [0, 0.1) is 5.92 Å². The second kappa shape index (κ2) is 4.80. The Bertz CT molecular complexity index is 548. The van der Waals surface area contributed by atoms with Gasteiger partial charge in [-0.1, -0.05) is 5.16 Å². The number of hydrogen-bond donors (Lipinski definition) is 1. The molecule has 0 aromatic carbocycles. The van der Waals surface area contributed by atoms with Gasteiger partial charge in [0.05, 0.1) is 11.5 Å². The number of carbonyl (C=O) groups is 1. The fraction of sp³-hybridized carbons (Fsp3) is 0.800. The van der Waals surface area contributed by atoms with E-state index in [0.717, 1.165) is 51.5 Å². The SMILES string of the molecule is NC1(c2noc(C3CCCN(C(=O)C4CC4)C3)n2)CCC1. The lowest BCUT2D eigenvalue weighted by molar-refractivity contribution is -0.133. The number of likely N-dealkylation sites (tertiary alicyclic amines) is 1. The van der Waals surface area contributed by atoms with E-state index in [1.54, 1.807) is 0 Å². The molecule has 2 heterocycles. The van der Waals surface area contributed by atoms with Gasteiger partial charge in [0.2, 0.25) is 11.8 Å². The Labute approximate surface area is 124 Å². The summed E-state index contributed by atoms with van der Waals surface area (Å²) in [5.74, 6) is 2.08. The number of nitrogens with zero attached hydrogens (tertiary/aromatic N) is 3. The first kappa shape index (κ1) is 13.2. The van der Waals surface area contributed by atoms with Crippen molar-refractivity contribution in [2.45, 2.75) is 56.4 Å². The average Bonchev–Trinajstić information content (AvgIpc) is 3.21. The molecule has 114 valence electrons. The van der Waals surface area contributed by atoms with Crippen molar-refractivity contribution in [3.63, 3.8) is 0 Å². The van der Waals surface area contributed by atoms with Crippen LogP contribution in [0.25, 0.3) is 0 Å². The summed E-state index contributed by atoms with van der Waals surface area (Å²) in [6, 6.07) is 0. The van der Waals surface area contributed by atoms with E-state index in [-0.39, 0.29) is 17.4 Å². The normalized spacial score (nSPS) is 28.2. The Morgan fingerprint density at radius 2 is 2.10 bits per heavy atom. The van der Waals surface area contributed by atoms with Crippen LogP contribution < -0.4 is 5.73 Å². The van der Waals surface area contributed by atoms with E-state index in [1.807, 2.05) is 4.90 Å². The lowest BCUT2D eigenvalue weighted by atomic mass is 9.77. The topological polar surface area (TPSA) is 85.2 Å². The molecule has 3 fully saturated rings. The van der Waals surface area contributed by atoms with E-state index in [4.69, 9.17) is 10.3 Å². The smallest absolute Gasteiger partial charge is 0.231 e. The van der Waals surface area contributed by atoms with E-state index >= 15 is 0 Å². The number of hydrogen-bond acceptors (Lipinski definition) is 5. The zero-order chi connectivity index (χ0) is 14.4. The summed E-state index contributed by atoms with van der Waals surface area (Å²) in [7, 11) is 0. The number of amides is 1. The molecule has 0 bridgehead atoms. The van der Waals surface area contributed by atoms with Crippen molar-refractivity contribution in [2.24, 2.45) is 11.7 Å². The van der Waals surface area contributed by atoms with Crippen molar-refractivity contribution in [3.8, 4) is 0 Å². The van der Waals surface area contributed by atoms with Gasteiger partial charge < -0.3 is 15.2 Å². The number of carbonyl (C=O) groups excluding carboxylic acids is 1. The summed E-state index contributed by atoms with van der Waals surface area (Å²) in [6.45, 7) is 1.59. The van der Waals surface area contributed by atoms with Crippen molar-refractivity contribution in [1.29, 1.82) is 0 Å². The molecule has 6 nitrogen and oxygen atoms in total. The summed E-state index contributed by atoms with van der Waals surface area (Å²) in [5, 5.41) is 4.09. The van der Waals surface area contributed by atoms with Gasteiger partial charge in [-0.05, 0) is 44.9 Å². The third-order valence-corrected chi connectivity index (χ3v) is 5.14. The molecular weight excluding hydrogens is 268 g/mol. The molecule has 0 spiro atoms. The maximum atomic E-state index is 12.2. The Kier molecular flexibility index (Phi) is 3.03. The Morgan fingerprint density at radius 3 is 2.76 bits per heavy atom. The summed E-state index contributed by atoms with van der Waals surface area (Å²) < 4.78 is 5.45. The highest BCUT2D eigenvalue weighted by Gasteiger charge is 2.40. The molecule has 2 aliphatic carbocycles. The summed E-state index contributed by atoms with van der Waals surface area (Å²) in [5.41, 5.74) is 5.87. The highest BCUT2D eigenvalue weighted by molar-refractivity contribution is 5.81. The molecule has 6 heteroatoms. The number of rotatable bonds is 3. The standard InChI is InChI=1S/C15H22N4O2/c16-15(6-2-7-15)14-17-12(21-18-14)11-3-1-8-19(9-11)13(20)10-4-5-10/h10-11H,1-9,16H2. The first-order valence-electron chi connectivity index (χ1n) is 8.07. The van der Waals surface area contributed by atoms with Crippen LogP contribution in [0.4, 0.5) is 0 Å². The molecule has 2 saturated carbocycles. The molecule has 21 heavy (non-hydrogen) atoms. The Balaban J connectivity index is 1.46. The van der Waals surface area contributed by atoms with E-state index < -0.39 is 0 Å². The van der Waals surface area contributed by atoms with Crippen LogP contribution >= 0.6 is 0 Å². The van der Waals surface area contributed by atoms with E-state index in [1.165, 1.54) is 0 Å². The third-order valence-electron chi connectivity index (χ3n) is 5.14. The van der Waals surface area contributed by atoms with Crippen LogP contribution in [0.5, 0.6) is 0 Å². The molecule has 2 N–H and O–H groups in total. The second-order valence-corrected chi connectivity index (χ2v) is 6.86. The monoisotopic (exact) mass is 290 g/mol. The summed E-state index contributed by atoms with van der Waals surface area (Å²) in [6.07, 6.45) is 7.13. The van der Waals surface area contributed by atoms with Crippen LogP contribution in [0.3, 0.4) is 0 Å². The number of nitrogens with two attached hydrogens (primary N) is 1. The van der Waals surface area contributed by atoms with Crippen LogP contribution in [0.15, 0.2) is 4.52 Å². The van der Waals surface area contributed by atoms with E-state index in [0.29, 0.717) is 24.2 Å². The van der Waals surface area contributed by atoms with Gasteiger partial charge in [-0.3, -0.25) is 4.79 Å². The first-order valence-corrected chi connectivity index (χ1v) is 8.07. The molecule has 1 unspecified atom stereocenters. The van der Waals surface area contributed by atoms with Crippen molar-refractivity contribution in [1.82, 2.24) is 15.0 Å². The fourth-order valence-electron chi connectivity index (χ4n) is 3.35. The largest absolute Gasteiger partial charge is 0.342 e. The van der Waals surface area contributed by atoms with Gasteiger partial charge in [-0.2, -0.15) is 4.98 Å². The van der Waals surface area contributed by atoms with Crippen molar-refractivity contribution < 1.29 is 9.32 Å². The molecular formula is C15H22N4O2. The minimum Gasteiger partial charge on any atom is -0.342 e. The highest BCUT2D eigenvalue weighted by atomic mass is 16.5. The molecule has 1 aliphatic heterocycles. The average molecular weight is 290 g/mol. The highest BCUT2D eigenvalue weighted by Crippen LogP contribution is 2.38. The lowest BCUT2D eigenvalue weighted by Crippen LogP contribution is -2.44. The van der Waals surface area contributed by atoms with Gasteiger partial charge in [0.15, 0.2) is 5.82 Å². The molecule has 4 rings (SSSR count). The van der Waals surface area contributed by atoms with Crippen LogP contribution in [-0.2, 0) is 10.3 Å². The molecule has 0 radical (unpaired) electrons. The minimum absolute atomic E-state index is 0.173. The second-order valence-electron chi connectivity index (χ2n) is 6.86. The van der Waals surface area contributed by atoms with Gasteiger partial charge in [-0.15, -0.1) is 0 Å². The molecule has 1 atom stereocenters. The zero-order valence-electron chi connectivity index (χ0n) is 12.3. The number of piperidine rings is 1. The van der Waals surface area contributed by atoms with Gasteiger partial charge in [0, 0.05) is 19.0 Å². The molecule has 1 aromatic heterocycles. The van der Waals surface area contributed by atoms with E-state index in [2.05, 4.69) is 10.1 Å². The summed E-state index contributed by atoms with van der Waals surface area (Å²) in [4.78, 5) is 18.7. The van der Waals surface area contributed by atoms with Crippen molar-refractivity contribution in [2.75, 3.05) is 13.1 Å². The molecule has 1 amide bonds. The predicted octanol–water partition coefficient (Wildman–Crippen LogP) is 1.52. The molecule has 1 aromatic rings.